The average molecular weight is 234 g/mol. The van der Waals surface area contributed by atoms with Crippen LogP contribution < -0.4 is 0 Å². The van der Waals surface area contributed by atoms with Gasteiger partial charge in [0.1, 0.15) is 0 Å². The van der Waals surface area contributed by atoms with Crippen molar-refractivity contribution < 1.29 is 0 Å². The van der Waals surface area contributed by atoms with E-state index < -0.39 is 0 Å². The van der Waals surface area contributed by atoms with Gasteiger partial charge in [-0.25, -0.2) is 0 Å². The molecule has 0 saturated heterocycles. The van der Waals surface area contributed by atoms with Crippen molar-refractivity contribution in [2.75, 3.05) is 0 Å². The highest BCUT2D eigenvalue weighted by molar-refractivity contribution is 6.95. The zero-order valence-electron chi connectivity index (χ0n) is 8.95. The fraction of sp³-hybridized carbons (Fsp3) is 1.00. The molecule has 0 amide bonds. The van der Waals surface area contributed by atoms with Crippen LogP contribution >= 0.6 is 18.1 Å². The normalized spacial score (nSPS) is 9.67. The van der Waals surface area contributed by atoms with Crippen molar-refractivity contribution in [3.05, 3.63) is 0 Å². The Labute approximate surface area is 104 Å². The maximum Gasteiger partial charge on any atom is 0.506 e. The van der Waals surface area contributed by atoms with E-state index in [0.29, 0.717) is 3.54 Å². The highest BCUT2D eigenvalue weighted by Gasteiger charge is 2.11. The Bertz CT molecular complexity index is 89.5. The number of hydrogen-bond acceptors (Lipinski definition) is 0. The van der Waals surface area contributed by atoms with Crippen LogP contribution in [0.4, 0.5) is 0 Å². The summed E-state index contributed by atoms with van der Waals surface area (Å²) in [4.78, 5) is 0. The molecule has 0 fully saturated rings. The van der Waals surface area contributed by atoms with Crippen LogP contribution in [0.15, 0.2) is 0 Å². The monoisotopic (exact) mass is 232 g/mol. The van der Waals surface area contributed by atoms with Gasteiger partial charge in [-0.2, -0.15) is 0 Å². The lowest BCUT2D eigenvalue weighted by atomic mass is 10.2. The van der Waals surface area contributed by atoms with Crippen molar-refractivity contribution in [3.63, 3.8) is 0 Å². The summed E-state index contributed by atoms with van der Waals surface area (Å²) in [6, 6.07) is 0. The summed E-state index contributed by atoms with van der Waals surface area (Å²) >= 11 is -0.437. The third-order valence-corrected chi connectivity index (χ3v) is 6.32. The number of rotatable bonds is 2. The van der Waals surface area contributed by atoms with Gasteiger partial charge >= 0.3 is 38.5 Å². The smallest absolute Gasteiger partial charge is 0.346 e. The Kier molecular flexibility index (Phi) is 13.3. The lowest BCUT2D eigenvalue weighted by Gasteiger charge is -2.09. The molecule has 0 N–H and O–H groups in total. The minimum atomic E-state index is -0.275. The van der Waals surface area contributed by atoms with Crippen molar-refractivity contribution in [2.24, 2.45) is 5.92 Å². The lowest BCUT2D eigenvalue weighted by molar-refractivity contribution is 0.734. The molecule has 0 rings (SSSR count). The number of hydrogen-bond donors (Lipinski definition) is 0. The van der Waals surface area contributed by atoms with E-state index in [1.54, 1.807) is 0 Å². The van der Waals surface area contributed by atoms with Gasteiger partial charge in [0.2, 0.25) is 0 Å². The van der Waals surface area contributed by atoms with Crippen LogP contribution in [0.25, 0.3) is 0 Å². The molecule has 0 aliphatic rings. The molecule has 0 radical (unpaired) electrons. The molecule has 4 heteroatoms. The molecule has 0 spiro atoms. The van der Waals surface area contributed by atoms with E-state index in [1.165, 1.54) is 4.55 Å². The minimum Gasteiger partial charge on any atom is -0.346 e. The first-order valence-electron chi connectivity index (χ1n) is 4.45. The first-order valence-corrected chi connectivity index (χ1v) is 10.4. The average Bonchev–Trinajstić information content (AvgIpc) is 1.87. The van der Waals surface area contributed by atoms with Crippen LogP contribution in [0.5, 0.6) is 0 Å². The molecule has 0 aliphatic heterocycles. The van der Waals surface area contributed by atoms with Gasteiger partial charge in [0.05, 0.1) is 0 Å². The summed E-state index contributed by atoms with van der Waals surface area (Å²) in [7, 11) is 11.2. The zero-order valence-corrected chi connectivity index (χ0v) is 13.3. The summed E-state index contributed by atoms with van der Waals surface area (Å²) in [6.45, 7) is 10.9. The molecule has 0 aliphatic carbocycles. The second kappa shape index (κ2) is 9.66. The van der Waals surface area contributed by atoms with Crippen molar-refractivity contribution in [1.29, 1.82) is 0 Å². The largest absolute Gasteiger partial charge is 0.506 e. The molecule has 68 valence electrons. The Morgan fingerprint density at radius 3 is 1.50 bits per heavy atom. The van der Waals surface area contributed by atoms with E-state index in [0.717, 1.165) is 5.92 Å². The molecule has 0 unspecified atom stereocenters. The Morgan fingerprint density at radius 2 is 1.50 bits per heavy atom. The van der Waals surface area contributed by atoms with Gasteiger partial charge in [0, 0.05) is 0 Å². The van der Waals surface area contributed by atoms with Gasteiger partial charge in [-0.3, -0.25) is 0 Å². The molecular weight excluding hydrogens is 216 g/mol. The van der Waals surface area contributed by atoms with Crippen LogP contribution in [0.2, 0.25) is 8.09 Å². The fourth-order valence-corrected chi connectivity index (χ4v) is 1.96. The van der Waals surface area contributed by atoms with Gasteiger partial charge in [-0.1, -0.05) is 40.5 Å². The summed E-state index contributed by atoms with van der Waals surface area (Å²) in [5.41, 5.74) is 0. The van der Waals surface area contributed by atoms with E-state index >= 15 is 0 Å². The number of halogens is 2. The van der Waals surface area contributed by atoms with E-state index in [-0.39, 0.29) is 38.5 Å². The predicted octanol–water partition coefficient (Wildman–Crippen LogP) is 3.98. The van der Waals surface area contributed by atoms with Crippen molar-refractivity contribution in [1.82, 2.24) is 0 Å². The van der Waals surface area contributed by atoms with Crippen LogP contribution in [0.3, 0.4) is 0 Å². The van der Waals surface area contributed by atoms with Gasteiger partial charge in [-0.05, 0) is 0 Å². The summed E-state index contributed by atoms with van der Waals surface area (Å²) in [5.74, 6) is 0.828. The standard InChI is InChI=1S/2C4H9.2ClH.2Mg/c2*1-4(2)3;;;;/h1-3H3;4H,1H2,2-3H3;2*1H;;/q;;;;2*+1/p-2. The minimum absolute atomic E-state index is 0.161. The summed E-state index contributed by atoms with van der Waals surface area (Å²) in [6.07, 6.45) is 0. The first kappa shape index (κ1) is 16.5. The van der Waals surface area contributed by atoms with E-state index in [9.17, 15) is 0 Å². The molecule has 0 heterocycles. The van der Waals surface area contributed by atoms with E-state index in [1.807, 2.05) is 0 Å². The molecule has 12 heavy (non-hydrogen) atoms. The molecule has 0 bridgehead atoms. The van der Waals surface area contributed by atoms with Crippen LogP contribution in [-0.4, -0.2) is 38.5 Å². The first-order chi connectivity index (χ1) is 5.33. The highest BCUT2D eigenvalue weighted by atomic mass is 35.5. The van der Waals surface area contributed by atoms with Gasteiger partial charge in [0.15, 0.2) is 0 Å². The van der Waals surface area contributed by atoms with E-state index in [4.69, 9.17) is 18.1 Å². The van der Waals surface area contributed by atoms with Crippen molar-refractivity contribution >= 4 is 56.7 Å². The molecule has 0 aromatic carbocycles. The molecule has 0 atom stereocenters. The maximum atomic E-state index is 5.62. The van der Waals surface area contributed by atoms with Crippen LogP contribution in [0.1, 0.15) is 34.6 Å². The maximum absolute atomic E-state index is 5.62. The molecular formula is C8H18Cl2Mg2. The summed E-state index contributed by atoms with van der Waals surface area (Å²) < 4.78 is 1.73. The third kappa shape index (κ3) is 22.7. The van der Waals surface area contributed by atoms with Gasteiger partial charge < -0.3 is 18.1 Å². The molecule has 0 aromatic heterocycles. The predicted molar refractivity (Wildman–Crippen MR) is 62.6 cm³/mol. The Balaban J connectivity index is 0. The van der Waals surface area contributed by atoms with E-state index in [2.05, 4.69) is 34.6 Å². The highest BCUT2D eigenvalue weighted by Crippen LogP contribution is 2.20. The zero-order chi connectivity index (χ0) is 10.2. The topological polar surface area (TPSA) is 0 Å². The Morgan fingerprint density at radius 1 is 1.17 bits per heavy atom. The van der Waals surface area contributed by atoms with Crippen LogP contribution in [0, 0.1) is 5.92 Å². The van der Waals surface area contributed by atoms with Crippen molar-refractivity contribution in [2.45, 2.75) is 42.7 Å². The molecule has 0 nitrogen and oxygen atoms in total. The quantitative estimate of drug-likeness (QED) is 0.633. The van der Waals surface area contributed by atoms with Gasteiger partial charge in [-0.15, -0.1) is 8.09 Å². The van der Waals surface area contributed by atoms with Crippen LogP contribution in [-0.2, 0) is 0 Å². The molecule has 0 saturated carbocycles. The second-order valence-electron chi connectivity index (χ2n) is 4.57. The molecule has 0 aromatic rings. The Hall–Kier alpha value is 2.11. The SMILES string of the molecule is CC(C)[CH2][Mg][Cl].C[C](C)(C)[Mg][Cl]. The summed E-state index contributed by atoms with van der Waals surface area (Å²) in [5, 5.41) is 0. The van der Waals surface area contributed by atoms with Crippen molar-refractivity contribution in [3.8, 4) is 0 Å². The fourth-order valence-electron chi connectivity index (χ4n) is 0.218. The third-order valence-electron chi connectivity index (χ3n) is 1.09. The van der Waals surface area contributed by atoms with Gasteiger partial charge in [0.25, 0.3) is 0 Å². The second-order valence-corrected chi connectivity index (χ2v) is 9.85. The lowest BCUT2D eigenvalue weighted by Crippen LogP contribution is -1.99.